The zero-order valence-corrected chi connectivity index (χ0v) is 22.7. The first-order chi connectivity index (χ1) is 17.5. The number of aliphatic hydroxyl groups is 3. The highest BCUT2D eigenvalue weighted by Crippen LogP contribution is 2.70. The molecule has 0 radical (unpaired) electrons. The predicted molar refractivity (Wildman–Crippen MR) is 136 cm³/mol. The number of aliphatic hydroxyl groups excluding tert-OH is 2. The van der Waals surface area contributed by atoms with Gasteiger partial charge in [0, 0.05) is 29.6 Å². The molecule has 4 aliphatic carbocycles. The fourth-order valence-corrected chi connectivity index (χ4v) is 7.26. The maximum Gasteiger partial charge on any atom is 0.303 e. The molecular weight excluding hydrogens is 499 g/mol. The number of aliphatic carboxylic acids is 2. The Balaban J connectivity index is 0.000000435. The summed E-state index contributed by atoms with van der Waals surface area (Å²) < 4.78 is 16.9. The molecule has 10 heteroatoms. The van der Waals surface area contributed by atoms with E-state index in [2.05, 4.69) is 0 Å². The van der Waals surface area contributed by atoms with E-state index in [0.29, 0.717) is 24.8 Å². The summed E-state index contributed by atoms with van der Waals surface area (Å²) in [5, 5.41) is 47.4. The van der Waals surface area contributed by atoms with Gasteiger partial charge in [-0.3, -0.25) is 19.2 Å². The van der Waals surface area contributed by atoms with Crippen LogP contribution in [0.15, 0.2) is 23.8 Å². The number of carbonyl (C=O) groups is 4. The number of carbonyl (C=O) groups excluding carboxylic acids is 2. The third-order valence-corrected chi connectivity index (χ3v) is 9.40. The van der Waals surface area contributed by atoms with Gasteiger partial charge < -0.3 is 25.5 Å². The third kappa shape index (κ3) is 4.86. The van der Waals surface area contributed by atoms with E-state index >= 15 is 4.39 Å². The minimum atomic E-state index is -1.98. The molecule has 38 heavy (non-hydrogen) atoms. The summed E-state index contributed by atoms with van der Waals surface area (Å²) in [5.74, 6) is -3.61. The van der Waals surface area contributed by atoms with Gasteiger partial charge in [-0.15, -0.1) is 0 Å². The maximum atomic E-state index is 16.9. The molecular formula is C28H41FO9. The number of carboxylic acids is 2. The number of carboxylic acid groups (broad SMARTS) is 2. The second-order valence-electron chi connectivity index (χ2n) is 11.2. The number of ketones is 2. The van der Waals surface area contributed by atoms with Gasteiger partial charge >= 0.3 is 11.9 Å². The fraction of sp³-hybridized carbons (Fsp3) is 0.714. The minimum absolute atomic E-state index is 0.0676. The Bertz CT molecular complexity index is 1010. The summed E-state index contributed by atoms with van der Waals surface area (Å²) in [5.41, 5.74) is -5.17. The van der Waals surface area contributed by atoms with Crippen molar-refractivity contribution in [3.8, 4) is 0 Å². The standard InChI is InChI=1S/C22H29FO5.2C3H6O2/c1-12-8-16-15-5-4-13-9-14(25)6-7-19(13,2)21(15,23)17(26)10-20(16,3)22(12,28)18(27)11-24;2*1-2-3(4)5/h6-7,9,12,15-17,24,26,28H,4-5,8,10-11H2,1-3H3;2*2H2,1H3,(H,4,5)/t12-,15+,16+,17+,19+,20+,21+,22+;;/m1../s1. The SMILES string of the molecule is CCC(=O)O.CCC(=O)O.C[C@@H]1C[C@H]2[C@@H]3CCC4=CC(=O)C=C[C@]4(C)[C@@]3(F)[C@@H](O)C[C@]2(C)[C@@]1(O)C(=O)CO. The van der Waals surface area contributed by atoms with Crippen molar-refractivity contribution in [3.63, 3.8) is 0 Å². The first-order valence-electron chi connectivity index (χ1n) is 13.1. The molecule has 0 unspecified atom stereocenters. The number of hydrogen-bond donors (Lipinski definition) is 5. The van der Waals surface area contributed by atoms with Gasteiger partial charge in [0.1, 0.15) is 12.2 Å². The Hall–Kier alpha value is -2.43. The summed E-state index contributed by atoms with van der Waals surface area (Å²) in [4.78, 5) is 43.1. The van der Waals surface area contributed by atoms with Crippen LogP contribution >= 0.6 is 0 Å². The number of hydrogen-bond acceptors (Lipinski definition) is 7. The van der Waals surface area contributed by atoms with E-state index in [-0.39, 0.29) is 31.0 Å². The normalized spacial score (nSPS) is 40.7. The van der Waals surface area contributed by atoms with E-state index in [0.717, 1.165) is 0 Å². The Morgan fingerprint density at radius 2 is 1.61 bits per heavy atom. The van der Waals surface area contributed by atoms with Crippen LogP contribution in [0.2, 0.25) is 0 Å². The van der Waals surface area contributed by atoms with Crippen molar-refractivity contribution in [2.24, 2.45) is 28.6 Å². The first-order valence-corrected chi connectivity index (χ1v) is 13.1. The largest absolute Gasteiger partial charge is 0.481 e. The van der Waals surface area contributed by atoms with Crippen LogP contribution in [0.4, 0.5) is 4.39 Å². The molecule has 9 nitrogen and oxygen atoms in total. The van der Waals surface area contributed by atoms with Gasteiger partial charge in [0.25, 0.3) is 0 Å². The molecule has 0 aromatic rings. The lowest BCUT2D eigenvalue weighted by molar-refractivity contribution is -0.219. The van der Waals surface area contributed by atoms with E-state index in [1.54, 1.807) is 40.7 Å². The molecule has 4 aliphatic rings. The molecule has 0 aliphatic heterocycles. The Morgan fingerprint density at radius 1 is 1.08 bits per heavy atom. The lowest BCUT2D eigenvalue weighted by atomic mass is 9.44. The Kier molecular flexibility index (Phi) is 9.50. The smallest absolute Gasteiger partial charge is 0.303 e. The molecule has 0 spiro atoms. The van der Waals surface area contributed by atoms with Crippen LogP contribution < -0.4 is 0 Å². The zero-order chi connectivity index (χ0) is 29.3. The van der Waals surface area contributed by atoms with Crippen LogP contribution in [-0.4, -0.2) is 73.0 Å². The van der Waals surface area contributed by atoms with E-state index in [1.807, 2.05) is 0 Å². The number of Topliss-reactive ketones (excluding diaryl/α,β-unsaturated/α-hetero) is 1. The molecule has 5 N–H and O–H groups in total. The van der Waals surface area contributed by atoms with Crippen molar-refractivity contribution in [2.75, 3.05) is 6.61 Å². The first kappa shape index (κ1) is 31.8. The number of rotatable bonds is 4. The van der Waals surface area contributed by atoms with E-state index in [1.165, 1.54) is 12.2 Å². The molecule has 3 saturated carbocycles. The van der Waals surface area contributed by atoms with Gasteiger partial charge in [-0.25, -0.2) is 4.39 Å². The molecule has 0 saturated heterocycles. The van der Waals surface area contributed by atoms with E-state index < -0.39 is 64.4 Å². The van der Waals surface area contributed by atoms with Crippen molar-refractivity contribution >= 4 is 23.5 Å². The number of halogens is 1. The monoisotopic (exact) mass is 540 g/mol. The second-order valence-corrected chi connectivity index (χ2v) is 11.2. The lowest BCUT2D eigenvalue weighted by Crippen LogP contribution is -2.69. The summed E-state index contributed by atoms with van der Waals surface area (Å²) in [7, 11) is 0. The van der Waals surface area contributed by atoms with E-state index in [4.69, 9.17) is 10.2 Å². The Labute approximate surface area is 222 Å². The molecule has 0 amide bonds. The highest BCUT2D eigenvalue weighted by molar-refractivity contribution is 6.01. The topological polar surface area (TPSA) is 169 Å². The van der Waals surface area contributed by atoms with Gasteiger partial charge in [-0.1, -0.05) is 39.3 Å². The predicted octanol–water partition coefficient (Wildman–Crippen LogP) is 2.86. The average Bonchev–Trinajstić information content (AvgIpc) is 3.06. The average molecular weight is 541 g/mol. The highest BCUT2D eigenvalue weighted by Gasteiger charge is 2.75. The molecule has 0 bridgehead atoms. The van der Waals surface area contributed by atoms with Crippen molar-refractivity contribution in [1.29, 1.82) is 0 Å². The fourth-order valence-electron chi connectivity index (χ4n) is 7.26. The summed E-state index contributed by atoms with van der Waals surface area (Å²) >= 11 is 0. The summed E-state index contributed by atoms with van der Waals surface area (Å²) in [6.07, 6.45) is 4.88. The molecule has 214 valence electrons. The molecule has 4 rings (SSSR count). The van der Waals surface area contributed by atoms with Gasteiger partial charge in [-0.05, 0) is 56.6 Å². The quantitative estimate of drug-likeness (QED) is 0.360. The highest BCUT2D eigenvalue weighted by atomic mass is 19.1. The van der Waals surface area contributed by atoms with Crippen LogP contribution in [-0.2, 0) is 19.2 Å². The van der Waals surface area contributed by atoms with Gasteiger partial charge in [0.2, 0.25) is 0 Å². The van der Waals surface area contributed by atoms with Gasteiger partial charge in [0.05, 0.1) is 6.10 Å². The van der Waals surface area contributed by atoms with E-state index in [9.17, 15) is 34.5 Å². The summed E-state index contributed by atoms with van der Waals surface area (Å²) in [6, 6.07) is 0. The maximum absolute atomic E-state index is 16.9. The van der Waals surface area contributed by atoms with Crippen molar-refractivity contribution in [2.45, 2.75) is 90.5 Å². The number of allylic oxidation sites excluding steroid dienone is 4. The van der Waals surface area contributed by atoms with Crippen LogP contribution in [0.25, 0.3) is 0 Å². The molecule has 0 heterocycles. The molecule has 0 aromatic carbocycles. The van der Waals surface area contributed by atoms with Crippen molar-refractivity contribution in [3.05, 3.63) is 23.8 Å². The summed E-state index contributed by atoms with van der Waals surface area (Å²) in [6.45, 7) is 7.68. The molecule has 3 fully saturated rings. The van der Waals surface area contributed by atoms with Crippen molar-refractivity contribution < 1.29 is 49.1 Å². The lowest BCUT2D eigenvalue weighted by Gasteiger charge is -2.62. The zero-order valence-electron chi connectivity index (χ0n) is 22.7. The van der Waals surface area contributed by atoms with Crippen LogP contribution in [0.5, 0.6) is 0 Å². The van der Waals surface area contributed by atoms with Crippen LogP contribution in [0, 0.1) is 28.6 Å². The molecule has 0 aromatic heterocycles. The van der Waals surface area contributed by atoms with Gasteiger partial charge in [-0.2, -0.15) is 0 Å². The number of alkyl halides is 1. The van der Waals surface area contributed by atoms with Crippen molar-refractivity contribution in [1.82, 2.24) is 0 Å². The third-order valence-electron chi connectivity index (χ3n) is 9.40. The van der Waals surface area contributed by atoms with Crippen LogP contribution in [0.1, 0.15) is 73.1 Å². The number of fused-ring (bicyclic) bond motifs is 5. The molecule has 8 atom stereocenters. The minimum Gasteiger partial charge on any atom is -0.481 e. The second kappa shape index (κ2) is 11.4. The van der Waals surface area contributed by atoms with Crippen LogP contribution in [0.3, 0.4) is 0 Å². The Morgan fingerprint density at radius 3 is 2.08 bits per heavy atom. The van der Waals surface area contributed by atoms with Gasteiger partial charge in [0.15, 0.2) is 17.2 Å².